The number of para-hydroxylation sites is 1. The lowest BCUT2D eigenvalue weighted by Gasteiger charge is -2.13. The highest BCUT2D eigenvalue weighted by Crippen LogP contribution is 2.12. The molecule has 0 fully saturated rings. The largest absolute Gasteiger partial charge is 0.377 e. The van der Waals surface area contributed by atoms with Crippen LogP contribution < -0.4 is 10.9 Å². The normalized spacial score (nSPS) is 15.1. The summed E-state index contributed by atoms with van der Waals surface area (Å²) in [7, 11) is 0. The van der Waals surface area contributed by atoms with Gasteiger partial charge in [-0.15, -0.1) is 0 Å². The molecule has 104 valence electrons. The number of aromatic nitrogens is 2. The smallest absolute Gasteiger partial charge is 0.260 e. The third-order valence-corrected chi connectivity index (χ3v) is 3.41. The predicted molar refractivity (Wildman–Crippen MR) is 79.0 cm³/mol. The molecule has 0 amide bonds. The summed E-state index contributed by atoms with van der Waals surface area (Å²) < 4.78 is 5.27. The van der Waals surface area contributed by atoms with Gasteiger partial charge in [-0.05, 0) is 25.0 Å². The standard InChI is InChI=1S/C15H17N3O2/c19-14-12-3-1-2-4-13(12)17-15(18-14)16-8-5-11-6-9-20-10-7-11/h1-4,6H,5,7-10H2,(H2,16,17,18,19). The Morgan fingerprint density at radius 1 is 1.35 bits per heavy atom. The highest BCUT2D eigenvalue weighted by molar-refractivity contribution is 5.78. The number of rotatable bonds is 4. The predicted octanol–water partition coefficient (Wildman–Crippen LogP) is 2.07. The maximum absolute atomic E-state index is 11.9. The summed E-state index contributed by atoms with van der Waals surface area (Å²) in [5, 5.41) is 3.79. The Morgan fingerprint density at radius 2 is 2.25 bits per heavy atom. The minimum absolute atomic E-state index is 0.108. The van der Waals surface area contributed by atoms with Crippen LogP contribution in [0.4, 0.5) is 5.95 Å². The van der Waals surface area contributed by atoms with Crippen molar-refractivity contribution in [2.45, 2.75) is 12.8 Å². The van der Waals surface area contributed by atoms with Crippen LogP contribution in [0.3, 0.4) is 0 Å². The van der Waals surface area contributed by atoms with E-state index in [1.165, 1.54) is 5.57 Å². The molecule has 0 aliphatic carbocycles. The number of nitrogens with zero attached hydrogens (tertiary/aromatic N) is 1. The van der Waals surface area contributed by atoms with E-state index in [4.69, 9.17) is 4.74 Å². The third-order valence-electron chi connectivity index (χ3n) is 3.41. The van der Waals surface area contributed by atoms with Crippen LogP contribution in [0.5, 0.6) is 0 Å². The van der Waals surface area contributed by atoms with Crippen LogP contribution in [0.2, 0.25) is 0 Å². The van der Waals surface area contributed by atoms with Gasteiger partial charge < -0.3 is 10.1 Å². The monoisotopic (exact) mass is 271 g/mol. The first-order valence-electron chi connectivity index (χ1n) is 6.81. The Labute approximate surface area is 116 Å². The van der Waals surface area contributed by atoms with Gasteiger partial charge >= 0.3 is 0 Å². The quantitative estimate of drug-likeness (QED) is 0.835. The first-order chi connectivity index (χ1) is 9.83. The van der Waals surface area contributed by atoms with Gasteiger partial charge in [-0.2, -0.15) is 0 Å². The molecule has 20 heavy (non-hydrogen) atoms. The van der Waals surface area contributed by atoms with Crippen LogP contribution in [0.15, 0.2) is 40.7 Å². The molecule has 1 aliphatic rings. The van der Waals surface area contributed by atoms with E-state index >= 15 is 0 Å². The van der Waals surface area contributed by atoms with Gasteiger partial charge in [0, 0.05) is 6.54 Å². The molecule has 2 N–H and O–H groups in total. The highest BCUT2D eigenvalue weighted by atomic mass is 16.5. The van der Waals surface area contributed by atoms with E-state index in [2.05, 4.69) is 21.4 Å². The second-order valence-electron chi connectivity index (χ2n) is 4.80. The molecule has 1 aromatic carbocycles. The van der Waals surface area contributed by atoms with E-state index in [0.29, 0.717) is 23.5 Å². The molecule has 0 bridgehead atoms. The van der Waals surface area contributed by atoms with Crippen molar-refractivity contribution in [2.24, 2.45) is 0 Å². The SMILES string of the molecule is O=c1[nH]c(NCCC2=CCOCC2)nc2ccccc12. The Hall–Kier alpha value is -2.14. The second kappa shape index (κ2) is 5.88. The molecule has 0 saturated heterocycles. The summed E-state index contributed by atoms with van der Waals surface area (Å²) in [6, 6.07) is 7.34. The van der Waals surface area contributed by atoms with Gasteiger partial charge in [0.25, 0.3) is 5.56 Å². The van der Waals surface area contributed by atoms with Crippen LogP contribution in [0.25, 0.3) is 10.9 Å². The molecule has 3 rings (SSSR count). The lowest BCUT2D eigenvalue weighted by Crippen LogP contribution is -2.15. The zero-order valence-electron chi connectivity index (χ0n) is 11.2. The molecular formula is C15H17N3O2. The van der Waals surface area contributed by atoms with E-state index in [9.17, 15) is 4.79 Å². The average Bonchev–Trinajstić information content (AvgIpc) is 2.48. The van der Waals surface area contributed by atoms with Crippen molar-refractivity contribution in [2.75, 3.05) is 25.1 Å². The van der Waals surface area contributed by atoms with Crippen molar-refractivity contribution in [1.82, 2.24) is 9.97 Å². The first kappa shape index (κ1) is 12.9. The van der Waals surface area contributed by atoms with Crippen LogP contribution in [0, 0.1) is 0 Å². The van der Waals surface area contributed by atoms with Crippen molar-refractivity contribution in [3.05, 3.63) is 46.3 Å². The number of hydrogen-bond acceptors (Lipinski definition) is 4. The number of anilines is 1. The Bertz CT molecular complexity index is 691. The van der Waals surface area contributed by atoms with Crippen LogP contribution in [-0.2, 0) is 4.74 Å². The summed E-state index contributed by atoms with van der Waals surface area (Å²) in [6.45, 7) is 2.27. The zero-order chi connectivity index (χ0) is 13.8. The molecule has 2 aromatic rings. The van der Waals surface area contributed by atoms with Crippen LogP contribution in [0.1, 0.15) is 12.8 Å². The molecule has 0 radical (unpaired) electrons. The molecule has 0 spiro atoms. The number of H-pyrrole nitrogens is 1. The molecule has 5 heteroatoms. The number of hydrogen-bond donors (Lipinski definition) is 2. The Balaban J connectivity index is 1.68. The summed E-state index contributed by atoms with van der Waals surface area (Å²) in [5.74, 6) is 0.529. The topological polar surface area (TPSA) is 67.0 Å². The molecule has 0 atom stereocenters. The lowest BCUT2D eigenvalue weighted by atomic mass is 10.1. The fourth-order valence-corrected chi connectivity index (χ4v) is 2.30. The van der Waals surface area contributed by atoms with Crippen molar-refractivity contribution in [3.8, 4) is 0 Å². The lowest BCUT2D eigenvalue weighted by molar-refractivity contribution is 0.153. The Morgan fingerprint density at radius 3 is 3.10 bits per heavy atom. The second-order valence-corrected chi connectivity index (χ2v) is 4.80. The van der Waals surface area contributed by atoms with Crippen molar-refractivity contribution in [1.29, 1.82) is 0 Å². The molecule has 1 aliphatic heterocycles. The van der Waals surface area contributed by atoms with Gasteiger partial charge in [-0.1, -0.05) is 23.8 Å². The maximum Gasteiger partial charge on any atom is 0.260 e. The Kier molecular flexibility index (Phi) is 3.78. The summed E-state index contributed by atoms with van der Waals surface area (Å²) in [6.07, 6.45) is 4.06. The van der Waals surface area contributed by atoms with E-state index in [-0.39, 0.29) is 5.56 Å². The fourth-order valence-electron chi connectivity index (χ4n) is 2.30. The zero-order valence-corrected chi connectivity index (χ0v) is 11.2. The number of ether oxygens (including phenoxy) is 1. The van der Waals surface area contributed by atoms with Gasteiger partial charge in [-0.25, -0.2) is 4.98 Å². The van der Waals surface area contributed by atoms with Crippen molar-refractivity contribution < 1.29 is 4.74 Å². The van der Waals surface area contributed by atoms with Crippen molar-refractivity contribution in [3.63, 3.8) is 0 Å². The van der Waals surface area contributed by atoms with Gasteiger partial charge in [-0.3, -0.25) is 9.78 Å². The molecule has 5 nitrogen and oxygen atoms in total. The molecule has 0 saturated carbocycles. The fraction of sp³-hybridized carbons (Fsp3) is 0.333. The number of fused-ring (bicyclic) bond motifs is 1. The highest BCUT2D eigenvalue weighted by Gasteiger charge is 2.05. The third kappa shape index (κ3) is 2.88. The maximum atomic E-state index is 11.9. The molecule has 2 heterocycles. The minimum Gasteiger partial charge on any atom is -0.377 e. The first-order valence-corrected chi connectivity index (χ1v) is 6.81. The summed E-state index contributed by atoms with van der Waals surface area (Å²) in [5.41, 5.74) is 2.00. The van der Waals surface area contributed by atoms with E-state index in [1.54, 1.807) is 6.07 Å². The summed E-state index contributed by atoms with van der Waals surface area (Å²) >= 11 is 0. The summed E-state index contributed by atoms with van der Waals surface area (Å²) in [4.78, 5) is 19.1. The van der Waals surface area contributed by atoms with Gasteiger partial charge in [0.05, 0.1) is 24.1 Å². The number of aromatic amines is 1. The number of benzene rings is 1. The van der Waals surface area contributed by atoms with Gasteiger partial charge in [0.15, 0.2) is 0 Å². The van der Waals surface area contributed by atoms with Crippen LogP contribution >= 0.6 is 0 Å². The van der Waals surface area contributed by atoms with E-state index in [0.717, 1.165) is 26.0 Å². The molecule has 1 aromatic heterocycles. The van der Waals surface area contributed by atoms with Crippen molar-refractivity contribution >= 4 is 16.9 Å². The molecular weight excluding hydrogens is 254 g/mol. The number of nitrogens with one attached hydrogen (secondary N) is 2. The van der Waals surface area contributed by atoms with E-state index < -0.39 is 0 Å². The van der Waals surface area contributed by atoms with E-state index in [1.807, 2.05) is 18.2 Å². The van der Waals surface area contributed by atoms with Gasteiger partial charge in [0.1, 0.15) is 0 Å². The molecule has 0 unspecified atom stereocenters. The average molecular weight is 271 g/mol. The van der Waals surface area contributed by atoms with Crippen LogP contribution in [-0.4, -0.2) is 29.7 Å². The van der Waals surface area contributed by atoms with Gasteiger partial charge in [0.2, 0.25) is 5.95 Å². The minimum atomic E-state index is -0.108.